The third kappa shape index (κ3) is 1.72. The van der Waals surface area contributed by atoms with Gasteiger partial charge in [0.05, 0.1) is 0 Å². The summed E-state index contributed by atoms with van der Waals surface area (Å²) in [4.78, 5) is 28.3. The number of hydrogen-bond donors (Lipinski definition) is 2. The minimum absolute atomic E-state index is 0.205. The van der Waals surface area contributed by atoms with Crippen LogP contribution in [0.25, 0.3) is 0 Å². The molecule has 2 unspecified atom stereocenters. The molecule has 2 rings (SSSR count). The summed E-state index contributed by atoms with van der Waals surface area (Å²) in [5.41, 5.74) is 1.05. The average molecular weight is 222 g/mol. The highest BCUT2D eigenvalue weighted by molar-refractivity contribution is 5.27. The maximum absolute atomic E-state index is 11.9. The molecule has 1 aliphatic rings. The Labute approximate surface area is 94.1 Å². The standard InChI is InChI=1S/C12H18N2O2/c1-6(2)8-5-4-7(3)10-9(8)11(15)14-12(16)13-10/h6-8H,4-5H2,1-3H3,(H2,13,14,15,16). The van der Waals surface area contributed by atoms with Crippen molar-refractivity contribution in [1.82, 2.24) is 9.97 Å². The molecule has 4 nitrogen and oxygen atoms in total. The number of nitrogens with one attached hydrogen (secondary N) is 2. The van der Waals surface area contributed by atoms with Crippen molar-refractivity contribution in [3.8, 4) is 0 Å². The zero-order chi connectivity index (χ0) is 11.9. The Hall–Kier alpha value is -1.32. The monoisotopic (exact) mass is 222 g/mol. The second-order valence-electron chi connectivity index (χ2n) is 5.06. The number of hydrogen-bond acceptors (Lipinski definition) is 2. The summed E-state index contributed by atoms with van der Waals surface area (Å²) < 4.78 is 0. The molecule has 0 saturated carbocycles. The van der Waals surface area contributed by atoms with Crippen LogP contribution in [0.2, 0.25) is 0 Å². The number of rotatable bonds is 1. The van der Waals surface area contributed by atoms with Crippen molar-refractivity contribution in [3.63, 3.8) is 0 Å². The molecule has 2 atom stereocenters. The van der Waals surface area contributed by atoms with Crippen molar-refractivity contribution in [2.75, 3.05) is 0 Å². The maximum atomic E-state index is 11.9. The number of fused-ring (bicyclic) bond motifs is 1. The van der Waals surface area contributed by atoms with Crippen molar-refractivity contribution in [2.45, 2.75) is 45.4 Å². The smallest absolute Gasteiger partial charge is 0.311 e. The van der Waals surface area contributed by atoms with Crippen molar-refractivity contribution in [1.29, 1.82) is 0 Å². The number of H-pyrrole nitrogens is 2. The molecule has 4 heteroatoms. The van der Waals surface area contributed by atoms with Crippen LogP contribution >= 0.6 is 0 Å². The van der Waals surface area contributed by atoms with Crippen LogP contribution in [0.1, 0.15) is 56.7 Å². The van der Waals surface area contributed by atoms with E-state index in [9.17, 15) is 9.59 Å². The Morgan fingerprint density at radius 3 is 2.50 bits per heavy atom. The van der Waals surface area contributed by atoms with E-state index >= 15 is 0 Å². The lowest BCUT2D eigenvalue weighted by atomic mass is 9.76. The van der Waals surface area contributed by atoms with Gasteiger partial charge in [-0.3, -0.25) is 9.78 Å². The molecule has 1 aromatic heterocycles. The predicted octanol–water partition coefficient (Wildman–Crippen LogP) is 1.70. The summed E-state index contributed by atoms with van der Waals surface area (Å²) in [6.45, 7) is 6.30. The topological polar surface area (TPSA) is 65.7 Å². The van der Waals surface area contributed by atoms with Gasteiger partial charge in [0.2, 0.25) is 0 Å². The number of aromatic nitrogens is 2. The van der Waals surface area contributed by atoms with Crippen LogP contribution < -0.4 is 11.2 Å². The van der Waals surface area contributed by atoms with E-state index in [1.807, 2.05) is 0 Å². The fraction of sp³-hybridized carbons (Fsp3) is 0.667. The highest BCUT2D eigenvalue weighted by atomic mass is 16.2. The van der Waals surface area contributed by atoms with E-state index in [-0.39, 0.29) is 23.1 Å². The second kappa shape index (κ2) is 3.92. The minimum atomic E-state index is -0.389. The molecule has 88 valence electrons. The fourth-order valence-electron chi connectivity index (χ4n) is 2.66. The third-order valence-electron chi connectivity index (χ3n) is 3.59. The Bertz CT molecular complexity index is 498. The SMILES string of the molecule is CC1CCC(C(C)C)c2c1[nH]c(=O)[nH]c2=O. The molecule has 0 aromatic carbocycles. The average Bonchev–Trinajstić information content (AvgIpc) is 2.19. The van der Waals surface area contributed by atoms with Crippen LogP contribution in [0.15, 0.2) is 9.59 Å². The summed E-state index contributed by atoms with van der Waals surface area (Å²) in [5, 5.41) is 0. The van der Waals surface area contributed by atoms with Gasteiger partial charge in [-0.25, -0.2) is 4.79 Å². The first-order valence-corrected chi connectivity index (χ1v) is 5.87. The van der Waals surface area contributed by atoms with Gasteiger partial charge in [0.15, 0.2) is 0 Å². The van der Waals surface area contributed by atoms with E-state index < -0.39 is 0 Å². The van der Waals surface area contributed by atoms with E-state index in [1.54, 1.807) is 0 Å². The molecule has 1 heterocycles. The van der Waals surface area contributed by atoms with Crippen LogP contribution in [0.4, 0.5) is 0 Å². The maximum Gasteiger partial charge on any atom is 0.325 e. The molecular weight excluding hydrogens is 204 g/mol. The Balaban J connectivity index is 2.66. The molecule has 0 fully saturated rings. The predicted molar refractivity (Wildman–Crippen MR) is 62.9 cm³/mol. The van der Waals surface area contributed by atoms with Gasteiger partial charge in [-0.15, -0.1) is 0 Å². The molecule has 1 aromatic rings. The summed E-state index contributed by atoms with van der Waals surface area (Å²) in [7, 11) is 0. The van der Waals surface area contributed by atoms with Gasteiger partial charge in [-0.05, 0) is 30.6 Å². The van der Waals surface area contributed by atoms with Crippen LogP contribution in [-0.4, -0.2) is 9.97 Å². The molecule has 16 heavy (non-hydrogen) atoms. The van der Waals surface area contributed by atoms with Crippen LogP contribution in [0, 0.1) is 5.92 Å². The lowest BCUT2D eigenvalue weighted by Crippen LogP contribution is -2.34. The van der Waals surface area contributed by atoms with Crippen LogP contribution in [0.3, 0.4) is 0 Å². The molecule has 0 amide bonds. The zero-order valence-electron chi connectivity index (χ0n) is 9.96. The molecule has 0 saturated heterocycles. The van der Waals surface area contributed by atoms with Crippen molar-refractivity contribution >= 4 is 0 Å². The van der Waals surface area contributed by atoms with Gasteiger partial charge in [-0.1, -0.05) is 20.8 Å². The van der Waals surface area contributed by atoms with E-state index in [1.165, 1.54) is 0 Å². The lowest BCUT2D eigenvalue weighted by molar-refractivity contribution is 0.399. The molecular formula is C12H18N2O2. The quantitative estimate of drug-likeness (QED) is 0.759. The zero-order valence-corrected chi connectivity index (χ0v) is 9.96. The highest BCUT2D eigenvalue weighted by Crippen LogP contribution is 2.38. The van der Waals surface area contributed by atoms with Crippen LogP contribution in [-0.2, 0) is 0 Å². The molecule has 0 aliphatic heterocycles. The van der Waals surface area contributed by atoms with Gasteiger partial charge in [-0.2, -0.15) is 0 Å². The van der Waals surface area contributed by atoms with E-state index in [0.29, 0.717) is 5.92 Å². The van der Waals surface area contributed by atoms with Crippen molar-refractivity contribution in [2.24, 2.45) is 5.92 Å². The lowest BCUT2D eigenvalue weighted by Gasteiger charge is -2.30. The second-order valence-corrected chi connectivity index (χ2v) is 5.06. The van der Waals surface area contributed by atoms with E-state index in [2.05, 4.69) is 30.7 Å². The first kappa shape index (κ1) is 11.2. The third-order valence-corrected chi connectivity index (χ3v) is 3.59. The van der Waals surface area contributed by atoms with Gasteiger partial charge in [0.25, 0.3) is 5.56 Å². The highest BCUT2D eigenvalue weighted by Gasteiger charge is 2.30. The summed E-state index contributed by atoms with van der Waals surface area (Å²) in [6, 6.07) is 0. The molecule has 1 aliphatic carbocycles. The first-order valence-electron chi connectivity index (χ1n) is 5.87. The largest absolute Gasteiger partial charge is 0.325 e. The van der Waals surface area contributed by atoms with Gasteiger partial charge in [0.1, 0.15) is 0 Å². The normalized spacial score (nSPS) is 24.5. The van der Waals surface area contributed by atoms with E-state index in [0.717, 1.165) is 24.1 Å². The molecule has 0 bridgehead atoms. The van der Waals surface area contributed by atoms with E-state index in [4.69, 9.17) is 0 Å². The molecule has 0 spiro atoms. The summed E-state index contributed by atoms with van der Waals surface area (Å²) >= 11 is 0. The summed E-state index contributed by atoms with van der Waals surface area (Å²) in [6.07, 6.45) is 2.07. The van der Waals surface area contributed by atoms with Gasteiger partial charge < -0.3 is 4.98 Å². The summed E-state index contributed by atoms with van der Waals surface area (Å²) in [5.74, 6) is 0.977. The van der Waals surface area contributed by atoms with Crippen molar-refractivity contribution in [3.05, 3.63) is 32.1 Å². The van der Waals surface area contributed by atoms with Gasteiger partial charge >= 0.3 is 5.69 Å². The molecule has 0 radical (unpaired) electrons. The van der Waals surface area contributed by atoms with Crippen LogP contribution in [0.5, 0.6) is 0 Å². The Morgan fingerprint density at radius 2 is 1.88 bits per heavy atom. The Kier molecular flexibility index (Phi) is 2.74. The number of aromatic amines is 2. The fourth-order valence-corrected chi connectivity index (χ4v) is 2.66. The first-order chi connectivity index (χ1) is 7.50. The Morgan fingerprint density at radius 1 is 1.19 bits per heavy atom. The molecule has 2 N–H and O–H groups in total. The minimum Gasteiger partial charge on any atom is -0.311 e. The van der Waals surface area contributed by atoms with Gasteiger partial charge in [0, 0.05) is 11.3 Å². The van der Waals surface area contributed by atoms with Crippen molar-refractivity contribution < 1.29 is 0 Å².